The number of hydrogen-bond donors (Lipinski definition) is 1. The summed E-state index contributed by atoms with van der Waals surface area (Å²) < 4.78 is 6.40. The molecule has 0 radical (unpaired) electrons. The number of carbonyl (C=O) groups is 1. The van der Waals surface area contributed by atoms with Gasteiger partial charge in [0.2, 0.25) is 0 Å². The van der Waals surface area contributed by atoms with Crippen molar-refractivity contribution in [3.05, 3.63) is 34.2 Å². The number of aromatic nitrogens is 1. The van der Waals surface area contributed by atoms with Gasteiger partial charge in [-0.3, -0.25) is 9.59 Å². The molecule has 0 aliphatic rings. The average Bonchev–Trinajstić information content (AvgIpc) is 2.23. The molecule has 0 fully saturated rings. The van der Waals surface area contributed by atoms with E-state index in [1.807, 2.05) is 0 Å². The van der Waals surface area contributed by atoms with E-state index in [9.17, 15) is 9.59 Å². The van der Waals surface area contributed by atoms with Crippen molar-refractivity contribution in [2.24, 2.45) is 0 Å². The summed E-state index contributed by atoms with van der Waals surface area (Å²) >= 11 is 0. The third-order valence-electron chi connectivity index (χ3n) is 2.19. The van der Waals surface area contributed by atoms with Crippen LogP contribution in [-0.4, -0.2) is 29.4 Å². The summed E-state index contributed by atoms with van der Waals surface area (Å²) in [6, 6.07) is 3.23. The number of ether oxygens (including phenoxy) is 1. The molecular formula is C11H15NO4. The van der Waals surface area contributed by atoms with Crippen LogP contribution in [-0.2, 0) is 22.5 Å². The minimum absolute atomic E-state index is 0.232. The largest absolute Gasteiger partial charge is 0.481 e. The zero-order valence-electron chi connectivity index (χ0n) is 9.18. The third-order valence-corrected chi connectivity index (χ3v) is 2.19. The number of aliphatic carboxylic acids is 1. The summed E-state index contributed by atoms with van der Waals surface area (Å²) in [6.45, 7) is 1.12. The lowest BCUT2D eigenvalue weighted by Gasteiger charge is -2.06. The molecule has 5 heteroatoms. The average molecular weight is 225 g/mol. The molecule has 1 heterocycles. The van der Waals surface area contributed by atoms with Crippen LogP contribution in [0, 0.1) is 0 Å². The van der Waals surface area contributed by atoms with Gasteiger partial charge in [-0.2, -0.15) is 0 Å². The van der Waals surface area contributed by atoms with E-state index >= 15 is 0 Å². The standard InChI is InChI=1S/C11H15NO4/c1-16-7-3-6-12-5-2-4-9(11(12)15)8-10(13)14/h2,4-5H,3,6-8H2,1H3,(H,13,14). The van der Waals surface area contributed by atoms with Gasteiger partial charge in [0.05, 0.1) is 6.42 Å². The highest BCUT2D eigenvalue weighted by Crippen LogP contribution is 1.95. The minimum atomic E-state index is -0.994. The second kappa shape index (κ2) is 6.07. The smallest absolute Gasteiger partial charge is 0.308 e. The Morgan fingerprint density at radius 1 is 1.56 bits per heavy atom. The van der Waals surface area contributed by atoms with E-state index < -0.39 is 5.97 Å². The van der Waals surface area contributed by atoms with Gasteiger partial charge in [-0.15, -0.1) is 0 Å². The van der Waals surface area contributed by atoms with Gasteiger partial charge in [-0.1, -0.05) is 6.07 Å². The first-order valence-electron chi connectivity index (χ1n) is 5.04. The van der Waals surface area contributed by atoms with E-state index in [0.29, 0.717) is 18.7 Å². The van der Waals surface area contributed by atoms with Crippen LogP contribution < -0.4 is 5.56 Å². The first kappa shape index (κ1) is 12.4. The van der Waals surface area contributed by atoms with E-state index in [4.69, 9.17) is 9.84 Å². The maximum Gasteiger partial charge on any atom is 0.308 e. The van der Waals surface area contributed by atoms with Crippen molar-refractivity contribution < 1.29 is 14.6 Å². The van der Waals surface area contributed by atoms with Crippen LogP contribution >= 0.6 is 0 Å². The zero-order chi connectivity index (χ0) is 12.0. The van der Waals surface area contributed by atoms with Crippen LogP contribution in [0.25, 0.3) is 0 Å². The van der Waals surface area contributed by atoms with Gasteiger partial charge in [0.25, 0.3) is 5.56 Å². The predicted molar refractivity (Wildman–Crippen MR) is 58.5 cm³/mol. The van der Waals surface area contributed by atoms with E-state index in [1.165, 1.54) is 4.57 Å². The number of methoxy groups -OCH3 is 1. The minimum Gasteiger partial charge on any atom is -0.481 e. The molecule has 5 nitrogen and oxygen atoms in total. The molecule has 0 aliphatic carbocycles. The fourth-order valence-corrected chi connectivity index (χ4v) is 1.44. The Morgan fingerprint density at radius 2 is 2.31 bits per heavy atom. The van der Waals surface area contributed by atoms with E-state index in [2.05, 4.69) is 0 Å². The van der Waals surface area contributed by atoms with Crippen LogP contribution in [0.2, 0.25) is 0 Å². The van der Waals surface area contributed by atoms with Gasteiger partial charge >= 0.3 is 5.97 Å². The highest BCUT2D eigenvalue weighted by atomic mass is 16.5. The summed E-state index contributed by atoms with van der Waals surface area (Å²) in [4.78, 5) is 22.3. The first-order chi connectivity index (χ1) is 7.65. The van der Waals surface area contributed by atoms with Crippen molar-refractivity contribution >= 4 is 5.97 Å². The molecule has 0 unspecified atom stereocenters. The van der Waals surface area contributed by atoms with E-state index in [-0.39, 0.29) is 12.0 Å². The van der Waals surface area contributed by atoms with Gasteiger partial charge < -0.3 is 14.4 Å². The number of aryl methyl sites for hydroxylation is 1. The molecule has 1 rings (SSSR count). The van der Waals surface area contributed by atoms with E-state index in [0.717, 1.165) is 6.42 Å². The number of carboxylic acids is 1. The van der Waals surface area contributed by atoms with Gasteiger partial charge in [-0.25, -0.2) is 0 Å². The molecule has 0 amide bonds. The number of nitrogens with zero attached hydrogens (tertiary/aromatic N) is 1. The summed E-state index contributed by atoms with van der Waals surface area (Å²) in [6.07, 6.45) is 2.15. The number of pyridine rings is 1. The van der Waals surface area contributed by atoms with Crippen molar-refractivity contribution in [2.75, 3.05) is 13.7 Å². The molecule has 0 saturated carbocycles. The van der Waals surface area contributed by atoms with Gasteiger partial charge in [0.15, 0.2) is 0 Å². The third kappa shape index (κ3) is 3.51. The van der Waals surface area contributed by atoms with Crippen LogP contribution in [0.15, 0.2) is 23.1 Å². The molecule has 1 aromatic rings. The summed E-state index contributed by atoms with van der Waals surface area (Å²) in [7, 11) is 1.60. The van der Waals surface area contributed by atoms with E-state index in [1.54, 1.807) is 25.4 Å². The Kier molecular flexibility index (Phi) is 4.72. The fourth-order valence-electron chi connectivity index (χ4n) is 1.44. The molecule has 0 aromatic carbocycles. The van der Waals surface area contributed by atoms with Crippen molar-refractivity contribution in [2.45, 2.75) is 19.4 Å². The number of rotatable bonds is 6. The second-order valence-corrected chi connectivity index (χ2v) is 3.45. The molecule has 88 valence electrons. The van der Waals surface area contributed by atoms with Crippen LogP contribution in [0.4, 0.5) is 0 Å². The second-order valence-electron chi connectivity index (χ2n) is 3.45. The molecule has 1 N–H and O–H groups in total. The van der Waals surface area contributed by atoms with Gasteiger partial charge in [0.1, 0.15) is 0 Å². The fraction of sp³-hybridized carbons (Fsp3) is 0.455. The molecule has 0 saturated heterocycles. The summed E-state index contributed by atoms with van der Waals surface area (Å²) in [5.41, 5.74) is 0.0772. The zero-order valence-corrected chi connectivity index (χ0v) is 9.18. The maximum absolute atomic E-state index is 11.8. The Hall–Kier alpha value is -1.62. The molecule has 1 aromatic heterocycles. The number of carboxylic acid groups (broad SMARTS) is 1. The lowest BCUT2D eigenvalue weighted by molar-refractivity contribution is -0.136. The number of hydrogen-bond acceptors (Lipinski definition) is 3. The molecular weight excluding hydrogens is 210 g/mol. The Labute approximate surface area is 93.3 Å². The predicted octanol–water partition coefficient (Wildman–Crippen LogP) is 0.512. The molecule has 0 bridgehead atoms. The van der Waals surface area contributed by atoms with Crippen molar-refractivity contribution in [3.8, 4) is 0 Å². The van der Waals surface area contributed by atoms with Crippen LogP contribution in [0.5, 0.6) is 0 Å². The summed E-state index contributed by atoms with van der Waals surface area (Å²) in [5.74, 6) is -0.994. The summed E-state index contributed by atoms with van der Waals surface area (Å²) in [5, 5.41) is 8.63. The van der Waals surface area contributed by atoms with Crippen molar-refractivity contribution in [1.29, 1.82) is 0 Å². The van der Waals surface area contributed by atoms with Crippen molar-refractivity contribution in [1.82, 2.24) is 4.57 Å². The lowest BCUT2D eigenvalue weighted by atomic mass is 10.2. The quantitative estimate of drug-likeness (QED) is 0.716. The topological polar surface area (TPSA) is 68.5 Å². The maximum atomic E-state index is 11.8. The van der Waals surface area contributed by atoms with Gasteiger partial charge in [0, 0.05) is 32.0 Å². The highest BCUT2D eigenvalue weighted by Gasteiger charge is 2.06. The van der Waals surface area contributed by atoms with Crippen molar-refractivity contribution in [3.63, 3.8) is 0 Å². The lowest BCUT2D eigenvalue weighted by Crippen LogP contribution is -2.25. The molecule has 0 spiro atoms. The molecule has 0 aliphatic heterocycles. The Morgan fingerprint density at radius 3 is 2.94 bits per heavy atom. The Bertz CT molecular complexity index is 411. The normalized spacial score (nSPS) is 10.3. The highest BCUT2D eigenvalue weighted by molar-refractivity contribution is 5.69. The first-order valence-corrected chi connectivity index (χ1v) is 5.04. The van der Waals surface area contributed by atoms with Gasteiger partial charge in [-0.05, 0) is 12.5 Å². The molecule has 0 atom stereocenters. The Balaban J connectivity index is 2.78. The van der Waals surface area contributed by atoms with Crippen LogP contribution in [0.3, 0.4) is 0 Å². The monoisotopic (exact) mass is 225 g/mol. The SMILES string of the molecule is COCCCn1cccc(CC(=O)O)c1=O. The molecule has 16 heavy (non-hydrogen) atoms. The van der Waals surface area contributed by atoms with Crippen LogP contribution in [0.1, 0.15) is 12.0 Å².